The van der Waals surface area contributed by atoms with Gasteiger partial charge in [0.2, 0.25) is 0 Å². The van der Waals surface area contributed by atoms with Crippen LogP contribution in [0, 0.1) is 0 Å². The van der Waals surface area contributed by atoms with Crippen molar-refractivity contribution in [2.24, 2.45) is 0 Å². The molecular weight excluding hydrogens is 340 g/mol. The van der Waals surface area contributed by atoms with Gasteiger partial charge < -0.3 is 20.4 Å². The number of urea groups is 1. The molecule has 0 unspecified atom stereocenters. The summed E-state index contributed by atoms with van der Waals surface area (Å²) in [7, 11) is 1.67. The minimum Gasteiger partial charge on any atom is -0.478 e. The lowest BCUT2D eigenvalue weighted by atomic mass is 10.2. The summed E-state index contributed by atoms with van der Waals surface area (Å²) in [6, 6.07) is 4.33. The fourth-order valence-electron chi connectivity index (χ4n) is 1.72. The van der Waals surface area contributed by atoms with E-state index in [0.29, 0.717) is 16.7 Å². The number of carbonyl (C=O) groups is 2. The van der Waals surface area contributed by atoms with E-state index in [1.807, 2.05) is 0 Å². The van der Waals surface area contributed by atoms with Gasteiger partial charge in [0.05, 0.1) is 5.56 Å². The van der Waals surface area contributed by atoms with Crippen molar-refractivity contribution in [1.29, 1.82) is 0 Å². The van der Waals surface area contributed by atoms with E-state index in [9.17, 15) is 9.59 Å². The number of carbonyl (C=O) groups excluding carboxylic acids is 1. The second-order valence-electron chi connectivity index (χ2n) is 4.64. The molecule has 0 spiro atoms. The van der Waals surface area contributed by atoms with Crippen LogP contribution in [-0.2, 0) is 0 Å². The maximum absolute atomic E-state index is 11.9. The third-order valence-corrected chi connectivity index (χ3v) is 3.64. The van der Waals surface area contributed by atoms with E-state index in [0.717, 1.165) is 19.3 Å². The van der Waals surface area contributed by atoms with Crippen molar-refractivity contribution >= 4 is 33.6 Å². The van der Waals surface area contributed by atoms with Gasteiger partial charge in [0.1, 0.15) is 0 Å². The molecule has 7 heteroatoms. The number of nitrogens with zero attached hydrogens (tertiary/aromatic N) is 1. The first-order valence-corrected chi connectivity index (χ1v) is 7.41. The summed E-state index contributed by atoms with van der Waals surface area (Å²) < 4.78 is 0.463. The number of hydrogen-bond acceptors (Lipinski definition) is 3. The van der Waals surface area contributed by atoms with Gasteiger partial charge in [-0.2, -0.15) is 0 Å². The molecule has 116 valence electrons. The monoisotopic (exact) mass is 358 g/mol. The van der Waals surface area contributed by atoms with Crippen LogP contribution >= 0.6 is 15.9 Å². The van der Waals surface area contributed by atoms with E-state index in [1.54, 1.807) is 19.2 Å². The number of hydrogen-bond donors (Lipinski definition) is 3. The molecule has 3 N–H and O–H groups in total. The molecule has 6 nitrogen and oxygen atoms in total. The van der Waals surface area contributed by atoms with Gasteiger partial charge in [0, 0.05) is 30.4 Å². The summed E-state index contributed by atoms with van der Waals surface area (Å²) in [6.07, 6.45) is 2.39. The highest BCUT2D eigenvalue weighted by Gasteiger charge is 2.12. The van der Waals surface area contributed by atoms with Crippen LogP contribution in [0.5, 0.6) is 0 Å². The molecule has 0 aliphatic carbocycles. The van der Waals surface area contributed by atoms with Crippen molar-refractivity contribution in [3.8, 4) is 0 Å². The largest absolute Gasteiger partial charge is 0.478 e. The van der Waals surface area contributed by atoms with Gasteiger partial charge in [-0.1, -0.05) is 0 Å². The molecular formula is C14H19BrN2O4. The lowest BCUT2D eigenvalue weighted by Gasteiger charge is -2.18. The van der Waals surface area contributed by atoms with E-state index in [-0.39, 0.29) is 18.2 Å². The molecule has 1 aromatic rings. The molecule has 2 amide bonds. The lowest BCUT2D eigenvalue weighted by Crippen LogP contribution is -2.32. The van der Waals surface area contributed by atoms with Gasteiger partial charge in [0.15, 0.2) is 0 Å². The zero-order valence-corrected chi connectivity index (χ0v) is 13.4. The number of carboxylic acid groups (broad SMARTS) is 1. The quantitative estimate of drug-likeness (QED) is 0.653. The van der Waals surface area contributed by atoms with Crippen molar-refractivity contribution in [2.75, 3.05) is 25.5 Å². The maximum atomic E-state index is 11.9. The highest BCUT2D eigenvalue weighted by molar-refractivity contribution is 9.10. The van der Waals surface area contributed by atoms with E-state index >= 15 is 0 Å². The Hall–Kier alpha value is -1.60. The molecule has 0 aliphatic heterocycles. The molecule has 1 aromatic carbocycles. The third-order valence-electron chi connectivity index (χ3n) is 2.95. The number of rotatable bonds is 7. The number of anilines is 1. The smallest absolute Gasteiger partial charge is 0.336 e. The van der Waals surface area contributed by atoms with Gasteiger partial charge in [-0.15, -0.1) is 0 Å². The zero-order valence-electron chi connectivity index (χ0n) is 11.8. The van der Waals surface area contributed by atoms with Crippen LogP contribution < -0.4 is 5.32 Å². The molecule has 0 fully saturated rings. The Morgan fingerprint density at radius 1 is 1.29 bits per heavy atom. The first kappa shape index (κ1) is 17.5. The molecule has 0 atom stereocenters. The Morgan fingerprint density at radius 2 is 2.00 bits per heavy atom. The number of benzene rings is 1. The normalized spacial score (nSPS) is 10.2. The number of aliphatic hydroxyl groups excluding tert-OH is 1. The first-order chi connectivity index (χ1) is 9.95. The second kappa shape index (κ2) is 8.63. The van der Waals surface area contributed by atoms with Gasteiger partial charge in [-0.05, 0) is 53.4 Å². The van der Waals surface area contributed by atoms with Gasteiger partial charge >= 0.3 is 12.0 Å². The fraction of sp³-hybridized carbons (Fsp3) is 0.429. The van der Waals surface area contributed by atoms with Crippen molar-refractivity contribution in [2.45, 2.75) is 19.3 Å². The summed E-state index contributed by atoms with van der Waals surface area (Å²) >= 11 is 3.15. The van der Waals surface area contributed by atoms with Gasteiger partial charge in [-0.3, -0.25) is 0 Å². The Bertz CT molecular complexity index is 508. The molecule has 1 rings (SSSR count). The van der Waals surface area contributed by atoms with Crippen LogP contribution in [0.3, 0.4) is 0 Å². The number of halogens is 1. The van der Waals surface area contributed by atoms with Crippen molar-refractivity contribution in [3.05, 3.63) is 28.2 Å². The second-order valence-corrected chi connectivity index (χ2v) is 5.49. The summed E-state index contributed by atoms with van der Waals surface area (Å²) in [5, 5.41) is 20.4. The average molecular weight is 359 g/mol. The van der Waals surface area contributed by atoms with Crippen molar-refractivity contribution in [1.82, 2.24) is 4.90 Å². The fourth-order valence-corrected chi connectivity index (χ4v) is 2.14. The van der Waals surface area contributed by atoms with E-state index in [1.165, 1.54) is 11.0 Å². The molecule has 0 bridgehead atoms. The maximum Gasteiger partial charge on any atom is 0.336 e. The standard InChI is InChI=1S/C14H19BrN2O4/c1-17(7-3-2-4-8-18)14(21)16-10-5-6-12(15)11(9-10)13(19)20/h5-6,9,18H,2-4,7-8H2,1H3,(H,16,21)(H,19,20). The number of aliphatic hydroxyl groups is 1. The number of unbranched alkanes of at least 4 members (excludes halogenated alkanes) is 2. The van der Waals surface area contributed by atoms with Gasteiger partial charge in [0.25, 0.3) is 0 Å². The van der Waals surface area contributed by atoms with E-state index < -0.39 is 5.97 Å². The third kappa shape index (κ3) is 5.73. The number of aromatic carboxylic acids is 1. The summed E-state index contributed by atoms with van der Waals surface area (Å²) in [6.45, 7) is 0.737. The molecule has 21 heavy (non-hydrogen) atoms. The Kier molecular flexibility index (Phi) is 7.18. The van der Waals surface area contributed by atoms with Crippen molar-refractivity contribution < 1.29 is 19.8 Å². The summed E-state index contributed by atoms with van der Waals surface area (Å²) in [5.41, 5.74) is 0.529. The Balaban J connectivity index is 2.58. The minimum atomic E-state index is -1.06. The minimum absolute atomic E-state index is 0.0957. The summed E-state index contributed by atoms with van der Waals surface area (Å²) in [4.78, 5) is 24.5. The zero-order chi connectivity index (χ0) is 15.8. The molecule has 0 heterocycles. The average Bonchev–Trinajstić information content (AvgIpc) is 2.45. The Labute approximate surface area is 131 Å². The molecule has 0 saturated carbocycles. The van der Waals surface area contributed by atoms with Crippen LogP contribution in [-0.4, -0.2) is 47.3 Å². The molecule has 0 saturated heterocycles. The molecule has 0 radical (unpaired) electrons. The number of amides is 2. The Morgan fingerprint density at radius 3 is 2.62 bits per heavy atom. The highest BCUT2D eigenvalue weighted by atomic mass is 79.9. The van der Waals surface area contributed by atoms with Crippen LogP contribution in [0.2, 0.25) is 0 Å². The SMILES string of the molecule is CN(CCCCCO)C(=O)Nc1ccc(Br)c(C(=O)O)c1. The van der Waals surface area contributed by atoms with Gasteiger partial charge in [-0.25, -0.2) is 9.59 Å². The van der Waals surface area contributed by atoms with Crippen LogP contribution in [0.1, 0.15) is 29.6 Å². The van der Waals surface area contributed by atoms with Crippen molar-refractivity contribution in [3.63, 3.8) is 0 Å². The predicted molar refractivity (Wildman–Crippen MR) is 83.7 cm³/mol. The van der Waals surface area contributed by atoms with Crippen LogP contribution in [0.25, 0.3) is 0 Å². The molecule has 0 aliphatic rings. The lowest BCUT2D eigenvalue weighted by molar-refractivity contribution is 0.0696. The topological polar surface area (TPSA) is 89.9 Å². The first-order valence-electron chi connectivity index (χ1n) is 6.61. The van der Waals surface area contributed by atoms with Crippen LogP contribution in [0.15, 0.2) is 22.7 Å². The van der Waals surface area contributed by atoms with Crippen LogP contribution in [0.4, 0.5) is 10.5 Å². The number of nitrogens with one attached hydrogen (secondary N) is 1. The molecule has 0 aromatic heterocycles. The predicted octanol–water partition coefficient (Wildman–Crippen LogP) is 2.77. The van der Waals surface area contributed by atoms with E-state index in [4.69, 9.17) is 10.2 Å². The number of carboxylic acids is 1. The highest BCUT2D eigenvalue weighted by Crippen LogP contribution is 2.21. The van der Waals surface area contributed by atoms with E-state index in [2.05, 4.69) is 21.2 Å². The summed E-state index contributed by atoms with van der Waals surface area (Å²) in [5.74, 6) is -1.06.